The Morgan fingerprint density at radius 3 is 2.85 bits per heavy atom. The normalized spacial score (nSPS) is 24.3. The lowest BCUT2D eigenvalue weighted by atomic mass is 9.98. The molecule has 0 aromatic carbocycles. The van der Waals surface area contributed by atoms with Crippen molar-refractivity contribution in [3.8, 4) is 12.3 Å². The minimum atomic E-state index is -0.144. The van der Waals surface area contributed by atoms with Gasteiger partial charge in [-0.3, -0.25) is 4.79 Å². The Bertz CT molecular complexity index is 217. The first-order valence-corrected chi connectivity index (χ1v) is 4.99. The van der Waals surface area contributed by atoms with Crippen molar-refractivity contribution < 1.29 is 4.79 Å². The maximum absolute atomic E-state index is 11.2. The van der Waals surface area contributed by atoms with Crippen LogP contribution < -0.4 is 0 Å². The molecular weight excluding hydrogens is 162 g/mol. The van der Waals surface area contributed by atoms with E-state index in [4.69, 9.17) is 6.42 Å². The first-order valence-electron chi connectivity index (χ1n) is 4.99. The lowest BCUT2D eigenvalue weighted by Gasteiger charge is -2.25. The highest BCUT2D eigenvalue weighted by Gasteiger charge is 2.14. The number of hydrogen-bond donors (Lipinski definition) is 0. The summed E-state index contributed by atoms with van der Waals surface area (Å²) >= 11 is 0. The van der Waals surface area contributed by atoms with E-state index >= 15 is 0 Å². The average molecular weight is 179 g/mol. The lowest BCUT2D eigenvalue weighted by molar-refractivity contribution is -0.125. The first-order chi connectivity index (χ1) is 6.24. The van der Waals surface area contributed by atoms with Crippen molar-refractivity contribution in [3.05, 3.63) is 0 Å². The number of carbonyl (C=O) groups is 1. The Balaban J connectivity index is 2.46. The first kappa shape index (κ1) is 10.1. The maximum Gasteiger partial charge on any atom is 0.298 e. The summed E-state index contributed by atoms with van der Waals surface area (Å²) < 4.78 is 0. The van der Waals surface area contributed by atoms with Crippen LogP contribution in [0.1, 0.15) is 32.6 Å². The second-order valence-corrected chi connectivity index (χ2v) is 3.83. The van der Waals surface area contributed by atoms with Gasteiger partial charge in [-0.05, 0) is 24.7 Å². The van der Waals surface area contributed by atoms with E-state index in [9.17, 15) is 4.79 Å². The van der Waals surface area contributed by atoms with E-state index in [1.165, 1.54) is 12.8 Å². The van der Waals surface area contributed by atoms with Gasteiger partial charge in [-0.25, -0.2) is 0 Å². The molecule has 1 aliphatic rings. The highest BCUT2D eigenvalue weighted by atomic mass is 16.2. The quantitative estimate of drug-likeness (QED) is 0.518. The monoisotopic (exact) mass is 179 g/mol. The van der Waals surface area contributed by atoms with Crippen LogP contribution in [0, 0.1) is 18.3 Å². The maximum atomic E-state index is 11.2. The van der Waals surface area contributed by atoms with Crippen LogP contribution in [-0.2, 0) is 4.79 Å². The van der Waals surface area contributed by atoms with Crippen LogP contribution in [0.3, 0.4) is 0 Å². The number of likely N-dealkylation sites (tertiary alicyclic amines) is 1. The summed E-state index contributed by atoms with van der Waals surface area (Å²) in [6.45, 7) is 3.92. The van der Waals surface area contributed by atoms with Gasteiger partial charge in [-0.1, -0.05) is 19.8 Å². The van der Waals surface area contributed by atoms with E-state index in [-0.39, 0.29) is 5.91 Å². The standard InChI is InChI=1S/C11H17NO/c1-3-11(13)12-8-5-4-6-10(2)7-9-12/h1,10H,4-9H2,2H3. The van der Waals surface area contributed by atoms with Crippen molar-refractivity contribution in [3.63, 3.8) is 0 Å². The summed E-state index contributed by atoms with van der Waals surface area (Å²) in [6.07, 6.45) is 9.78. The summed E-state index contributed by atoms with van der Waals surface area (Å²) in [6, 6.07) is 0. The van der Waals surface area contributed by atoms with Gasteiger partial charge < -0.3 is 4.90 Å². The largest absolute Gasteiger partial charge is 0.332 e. The molecule has 1 heterocycles. The van der Waals surface area contributed by atoms with Crippen molar-refractivity contribution in [1.29, 1.82) is 0 Å². The molecule has 1 saturated heterocycles. The summed E-state index contributed by atoms with van der Waals surface area (Å²) in [5.41, 5.74) is 0. The Morgan fingerprint density at radius 2 is 2.15 bits per heavy atom. The molecule has 72 valence electrons. The third-order valence-corrected chi connectivity index (χ3v) is 2.68. The van der Waals surface area contributed by atoms with Crippen LogP contribution in [0.2, 0.25) is 0 Å². The second kappa shape index (κ2) is 4.91. The summed E-state index contributed by atoms with van der Waals surface area (Å²) in [5, 5.41) is 0. The highest BCUT2D eigenvalue weighted by molar-refractivity contribution is 5.92. The Kier molecular flexibility index (Phi) is 3.82. The minimum Gasteiger partial charge on any atom is -0.332 e. The van der Waals surface area contributed by atoms with Crippen LogP contribution in [0.5, 0.6) is 0 Å². The van der Waals surface area contributed by atoms with E-state index in [0.29, 0.717) is 0 Å². The van der Waals surface area contributed by atoms with E-state index in [2.05, 4.69) is 12.8 Å². The van der Waals surface area contributed by atoms with Crippen LogP contribution >= 0.6 is 0 Å². The fraction of sp³-hybridized carbons (Fsp3) is 0.727. The molecule has 1 aliphatic heterocycles. The van der Waals surface area contributed by atoms with Crippen molar-refractivity contribution in [2.45, 2.75) is 32.6 Å². The molecule has 0 bridgehead atoms. The SMILES string of the molecule is C#CC(=O)N1CCCCC(C)CC1. The molecule has 0 N–H and O–H groups in total. The van der Waals surface area contributed by atoms with Gasteiger partial charge in [0.25, 0.3) is 5.91 Å². The molecule has 0 radical (unpaired) electrons. The van der Waals surface area contributed by atoms with Gasteiger partial charge in [-0.2, -0.15) is 0 Å². The van der Waals surface area contributed by atoms with Crippen molar-refractivity contribution in [1.82, 2.24) is 4.90 Å². The van der Waals surface area contributed by atoms with Gasteiger partial charge in [0.15, 0.2) is 0 Å². The molecule has 0 aliphatic carbocycles. The number of amides is 1. The second-order valence-electron chi connectivity index (χ2n) is 3.83. The number of terminal acetylenes is 1. The molecule has 1 unspecified atom stereocenters. The highest BCUT2D eigenvalue weighted by Crippen LogP contribution is 2.16. The molecule has 1 amide bonds. The fourth-order valence-corrected chi connectivity index (χ4v) is 1.72. The van der Waals surface area contributed by atoms with Crippen LogP contribution in [0.4, 0.5) is 0 Å². The Labute approximate surface area is 80.3 Å². The molecule has 13 heavy (non-hydrogen) atoms. The van der Waals surface area contributed by atoms with Gasteiger partial charge in [-0.15, -0.1) is 6.42 Å². The molecule has 2 heteroatoms. The zero-order valence-electron chi connectivity index (χ0n) is 8.25. The lowest BCUT2D eigenvalue weighted by Crippen LogP contribution is -2.33. The molecular formula is C11H17NO. The van der Waals surface area contributed by atoms with Crippen LogP contribution in [0.15, 0.2) is 0 Å². The molecule has 0 aromatic heterocycles. The molecule has 0 saturated carbocycles. The molecule has 1 rings (SSSR count). The fourth-order valence-electron chi connectivity index (χ4n) is 1.72. The molecule has 1 fully saturated rings. The molecule has 0 aromatic rings. The zero-order chi connectivity index (χ0) is 9.68. The van der Waals surface area contributed by atoms with Crippen LogP contribution in [0.25, 0.3) is 0 Å². The van der Waals surface area contributed by atoms with E-state index in [0.717, 1.165) is 31.8 Å². The number of hydrogen-bond acceptors (Lipinski definition) is 1. The number of nitrogens with zero attached hydrogens (tertiary/aromatic N) is 1. The molecule has 0 spiro atoms. The van der Waals surface area contributed by atoms with Crippen molar-refractivity contribution in [2.24, 2.45) is 5.92 Å². The van der Waals surface area contributed by atoms with Gasteiger partial charge >= 0.3 is 0 Å². The predicted octanol–water partition coefficient (Wildman–Crippen LogP) is 1.66. The van der Waals surface area contributed by atoms with E-state index in [1.807, 2.05) is 0 Å². The summed E-state index contributed by atoms with van der Waals surface area (Å²) in [7, 11) is 0. The average Bonchev–Trinajstić information content (AvgIpc) is 2.11. The van der Waals surface area contributed by atoms with Crippen molar-refractivity contribution in [2.75, 3.05) is 13.1 Å². The minimum absolute atomic E-state index is 0.144. The third kappa shape index (κ3) is 3.10. The van der Waals surface area contributed by atoms with Gasteiger partial charge in [0.2, 0.25) is 0 Å². The Hall–Kier alpha value is -0.970. The Morgan fingerprint density at radius 1 is 1.38 bits per heavy atom. The van der Waals surface area contributed by atoms with Gasteiger partial charge in [0, 0.05) is 13.1 Å². The smallest absolute Gasteiger partial charge is 0.298 e. The van der Waals surface area contributed by atoms with Gasteiger partial charge in [0.05, 0.1) is 0 Å². The molecule has 2 nitrogen and oxygen atoms in total. The van der Waals surface area contributed by atoms with Crippen LogP contribution in [-0.4, -0.2) is 23.9 Å². The number of rotatable bonds is 0. The van der Waals surface area contributed by atoms with Gasteiger partial charge in [0.1, 0.15) is 0 Å². The summed E-state index contributed by atoms with van der Waals surface area (Å²) in [5.74, 6) is 2.77. The zero-order valence-corrected chi connectivity index (χ0v) is 8.25. The van der Waals surface area contributed by atoms with E-state index in [1.54, 1.807) is 4.90 Å². The third-order valence-electron chi connectivity index (χ3n) is 2.68. The topological polar surface area (TPSA) is 20.3 Å². The molecule has 1 atom stereocenters. The van der Waals surface area contributed by atoms with E-state index < -0.39 is 0 Å². The number of carbonyl (C=O) groups excluding carboxylic acids is 1. The summed E-state index contributed by atoms with van der Waals surface area (Å²) in [4.78, 5) is 13.0. The predicted molar refractivity (Wildman–Crippen MR) is 53.0 cm³/mol. The van der Waals surface area contributed by atoms with Crippen molar-refractivity contribution >= 4 is 5.91 Å².